The van der Waals surface area contributed by atoms with E-state index in [9.17, 15) is 22.7 Å². The fourth-order valence-electron chi connectivity index (χ4n) is 5.10. The second-order valence-corrected chi connectivity index (χ2v) is 12.8. The monoisotopic (exact) mass is 574 g/mol. The summed E-state index contributed by atoms with van der Waals surface area (Å²) in [5.74, 6) is 0.857. The molecule has 1 aromatic carbocycles. The summed E-state index contributed by atoms with van der Waals surface area (Å²) < 4.78 is 48.9. The van der Waals surface area contributed by atoms with Crippen molar-refractivity contribution in [3.8, 4) is 11.6 Å². The molecule has 0 radical (unpaired) electrons. The van der Waals surface area contributed by atoms with Crippen molar-refractivity contribution in [3.05, 3.63) is 54.1 Å². The van der Waals surface area contributed by atoms with Gasteiger partial charge >= 0.3 is 0 Å². The number of nitrogens with zero attached hydrogens (tertiary/aromatic N) is 2. The molecule has 0 atom stereocenters. The molecule has 3 N–H and O–H groups in total. The number of ether oxygens (including phenoxy) is 1. The zero-order valence-electron chi connectivity index (χ0n) is 21.3. The second kappa shape index (κ2) is 12.1. The summed E-state index contributed by atoms with van der Waals surface area (Å²) in [4.78, 5) is 20.9. The molecular formula is C27H31FN4O5S2. The van der Waals surface area contributed by atoms with Crippen LogP contribution in [0.25, 0.3) is 10.9 Å². The van der Waals surface area contributed by atoms with Crippen LogP contribution in [-0.4, -0.2) is 59.6 Å². The standard InChI is InChI=1S/C27H31FN4O5S2/c28-19-14-22(27(31-16-19)37-21-9-12-38-13-10-21)26(34)30-15-17-3-6-20(7-4-17)32-39(35,36)25-23(33)8-5-18-2-1-11-29-24(18)25/h1-2,5,8,11,14,16-17,20-21,32-33H,3-4,6-7,9-10,12-13,15H2,(H,30,34). The number of phenols is 1. The van der Waals surface area contributed by atoms with E-state index in [4.69, 9.17) is 4.74 Å². The summed E-state index contributed by atoms with van der Waals surface area (Å²) in [6.45, 7) is 0.377. The first-order valence-electron chi connectivity index (χ1n) is 13.1. The van der Waals surface area contributed by atoms with Crippen molar-refractivity contribution in [1.29, 1.82) is 0 Å². The maximum absolute atomic E-state index is 13.9. The third-order valence-electron chi connectivity index (χ3n) is 7.21. The fourth-order valence-corrected chi connectivity index (χ4v) is 7.73. The quantitative estimate of drug-likeness (QED) is 0.368. The Balaban J connectivity index is 1.16. The Morgan fingerprint density at radius 3 is 2.64 bits per heavy atom. The molecule has 2 aliphatic rings. The molecule has 208 valence electrons. The Morgan fingerprint density at radius 2 is 1.87 bits per heavy atom. The number of benzene rings is 1. The highest BCUT2D eigenvalue weighted by Gasteiger charge is 2.30. The van der Waals surface area contributed by atoms with E-state index in [2.05, 4.69) is 20.0 Å². The average Bonchev–Trinajstić information content (AvgIpc) is 2.93. The maximum Gasteiger partial charge on any atom is 0.256 e. The molecular weight excluding hydrogens is 543 g/mol. The molecule has 1 saturated heterocycles. The molecule has 39 heavy (non-hydrogen) atoms. The highest BCUT2D eigenvalue weighted by molar-refractivity contribution is 7.99. The lowest BCUT2D eigenvalue weighted by Gasteiger charge is -2.29. The fraction of sp³-hybridized carbons (Fsp3) is 0.444. The predicted octanol–water partition coefficient (Wildman–Crippen LogP) is 4.02. The van der Waals surface area contributed by atoms with Gasteiger partial charge in [0.25, 0.3) is 5.91 Å². The van der Waals surface area contributed by atoms with Crippen LogP contribution in [0.2, 0.25) is 0 Å². The van der Waals surface area contributed by atoms with Crippen molar-refractivity contribution in [1.82, 2.24) is 20.0 Å². The predicted molar refractivity (Wildman–Crippen MR) is 147 cm³/mol. The Bertz CT molecular complexity index is 1440. The normalized spacial score (nSPS) is 20.5. The van der Waals surface area contributed by atoms with E-state index < -0.39 is 21.7 Å². The van der Waals surface area contributed by atoms with Gasteiger partial charge in [0.1, 0.15) is 28.1 Å². The van der Waals surface area contributed by atoms with Crippen LogP contribution in [0.3, 0.4) is 0 Å². The van der Waals surface area contributed by atoms with E-state index >= 15 is 0 Å². The lowest BCUT2D eigenvalue weighted by molar-refractivity contribution is 0.0932. The third kappa shape index (κ3) is 6.62. The van der Waals surface area contributed by atoms with Crippen LogP contribution in [0.1, 0.15) is 48.9 Å². The molecule has 2 fully saturated rings. The molecule has 0 unspecified atom stereocenters. The van der Waals surface area contributed by atoms with Crippen LogP contribution >= 0.6 is 11.8 Å². The first-order valence-corrected chi connectivity index (χ1v) is 15.7. The number of thioether (sulfide) groups is 1. The number of carbonyl (C=O) groups excluding carboxylic acids is 1. The number of pyridine rings is 2. The average molecular weight is 575 g/mol. The molecule has 0 spiro atoms. The van der Waals surface area contributed by atoms with Crippen LogP contribution in [0.15, 0.2) is 47.6 Å². The van der Waals surface area contributed by atoms with Crippen molar-refractivity contribution >= 4 is 38.6 Å². The van der Waals surface area contributed by atoms with Crippen LogP contribution in [-0.2, 0) is 10.0 Å². The van der Waals surface area contributed by atoms with Gasteiger partial charge < -0.3 is 15.2 Å². The van der Waals surface area contributed by atoms with Gasteiger partial charge in [-0.15, -0.1) is 0 Å². The lowest BCUT2D eigenvalue weighted by Crippen LogP contribution is -2.40. The molecule has 3 heterocycles. The van der Waals surface area contributed by atoms with Crippen molar-refractivity contribution in [2.75, 3.05) is 18.1 Å². The number of sulfonamides is 1. The number of aromatic nitrogens is 2. The van der Waals surface area contributed by atoms with Crippen molar-refractivity contribution in [2.24, 2.45) is 5.92 Å². The number of fused-ring (bicyclic) bond motifs is 1. The molecule has 1 aliphatic heterocycles. The van der Waals surface area contributed by atoms with Gasteiger partial charge in [-0.25, -0.2) is 22.5 Å². The van der Waals surface area contributed by atoms with Gasteiger partial charge in [0.2, 0.25) is 15.9 Å². The van der Waals surface area contributed by atoms with E-state index in [1.165, 1.54) is 12.3 Å². The number of carbonyl (C=O) groups is 1. The van der Waals surface area contributed by atoms with E-state index in [1.54, 1.807) is 18.2 Å². The molecule has 3 aromatic rings. The number of hydrogen-bond acceptors (Lipinski definition) is 8. The molecule has 2 aromatic heterocycles. The topological polar surface area (TPSA) is 131 Å². The van der Waals surface area contributed by atoms with Crippen LogP contribution in [0, 0.1) is 11.7 Å². The van der Waals surface area contributed by atoms with E-state index in [-0.39, 0.29) is 45.7 Å². The van der Waals surface area contributed by atoms with Gasteiger partial charge in [-0.05, 0) is 80.2 Å². The molecule has 5 rings (SSSR count). The number of amides is 1. The third-order valence-corrected chi connectivity index (χ3v) is 9.84. The first kappa shape index (κ1) is 27.6. The van der Waals surface area contributed by atoms with Crippen molar-refractivity contribution < 1.29 is 27.4 Å². The van der Waals surface area contributed by atoms with E-state index in [1.807, 2.05) is 11.8 Å². The summed E-state index contributed by atoms with van der Waals surface area (Å²) in [5.41, 5.74) is 0.303. The molecule has 12 heteroatoms. The van der Waals surface area contributed by atoms with Gasteiger partial charge in [0, 0.05) is 24.2 Å². The number of nitrogens with one attached hydrogen (secondary N) is 2. The Kier molecular flexibility index (Phi) is 8.53. The van der Waals surface area contributed by atoms with Crippen LogP contribution in [0.5, 0.6) is 11.6 Å². The number of hydrogen-bond donors (Lipinski definition) is 3. The van der Waals surface area contributed by atoms with Gasteiger partial charge in [-0.2, -0.15) is 11.8 Å². The smallest absolute Gasteiger partial charge is 0.256 e. The number of rotatable bonds is 8. The van der Waals surface area contributed by atoms with Gasteiger partial charge in [-0.1, -0.05) is 6.07 Å². The van der Waals surface area contributed by atoms with Gasteiger partial charge in [-0.3, -0.25) is 9.78 Å². The zero-order chi connectivity index (χ0) is 27.4. The van der Waals surface area contributed by atoms with Crippen LogP contribution < -0.4 is 14.8 Å². The Labute approximate surface area is 231 Å². The highest BCUT2D eigenvalue weighted by atomic mass is 32.2. The maximum atomic E-state index is 13.9. The van der Waals surface area contributed by atoms with Gasteiger partial charge in [0.15, 0.2) is 0 Å². The summed E-state index contributed by atoms with van der Waals surface area (Å²) in [6.07, 6.45) is 6.76. The van der Waals surface area contributed by atoms with Crippen molar-refractivity contribution in [2.45, 2.75) is 55.6 Å². The number of aromatic hydroxyl groups is 1. The lowest BCUT2D eigenvalue weighted by atomic mass is 9.86. The number of halogens is 1. The van der Waals surface area contributed by atoms with Crippen LogP contribution in [0.4, 0.5) is 4.39 Å². The molecule has 9 nitrogen and oxygen atoms in total. The van der Waals surface area contributed by atoms with E-state index in [0.29, 0.717) is 37.6 Å². The minimum absolute atomic E-state index is 0.0404. The molecule has 1 aliphatic carbocycles. The highest BCUT2D eigenvalue weighted by Crippen LogP contribution is 2.32. The van der Waals surface area contributed by atoms with Gasteiger partial charge in [0.05, 0.1) is 11.7 Å². The molecule has 0 bridgehead atoms. The second-order valence-electron chi connectivity index (χ2n) is 9.97. The largest absolute Gasteiger partial charge is 0.506 e. The molecule has 1 saturated carbocycles. The zero-order valence-corrected chi connectivity index (χ0v) is 22.9. The van der Waals surface area contributed by atoms with Crippen molar-refractivity contribution in [3.63, 3.8) is 0 Å². The molecule has 1 amide bonds. The van der Waals surface area contributed by atoms with E-state index in [0.717, 1.165) is 36.6 Å². The minimum atomic E-state index is -4.01. The number of phenolic OH excluding ortho intramolecular Hbond substituents is 1. The summed E-state index contributed by atoms with van der Waals surface area (Å²) >= 11 is 1.86. The SMILES string of the molecule is O=C(NCC1CCC(NS(=O)(=O)c2c(O)ccc3cccnc23)CC1)c1cc(F)cnc1OC1CCSCC1. The first-order chi connectivity index (χ1) is 18.8. The summed E-state index contributed by atoms with van der Waals surface area (Å²) in [7, 11) is -4.01. The Morgan fingerprint density at radius 1 is 1.10 bits per heavy atom. The summed E-state index contributed by atoms with van der Waals surface area (Å²) in [5, 5.41) is 13.8. The summed E-state index contributed by atoms with van der Waals surface area (Å²) in [6, 6.07) is 7.28. The Hall–Kier alpha value is -2.96. The minimum Gasteiger partial charge on any atom is -0.506 e.